The van der Waals surface area contributed by atoms with E-state index in [1.807, 2.05) is 6.92 Å². The minimum Gasteiger partial charge on any atom is -0.229 e. The molecule has 0 fully saturated rings. The highest BCUT2D eigenvalue weighted by Gasteiger charge is 2.07. The van der Waals surface area contributed by atoms with E-state index in [4.69, 9.17) is 0 Å². The van der Waals surface area contributed by atoms with Crippen molar-refractivity contribution in [2.24, 2.45) is 0 Å². The molecule has 0 heterocycles. The maximum Gasteiger partial charge on any atom is 0.150 e. The zero-order chi connectivity index (χ0) is 11.6. The lowest BCUT2D eigenvalue weighted by atomic mass is 10.1. The Morgan fingerprint density at radius 1 is 0.667 bits per heavy atom. The molecule has 92 valence electrons. The Balaban J connectivity index is 3.31. The first-order valence-electron chi connectivity index (χ1n) is 6.32. The van der Waals surface area contributed by atoms with Crippen LogP contribution in [0.1, 0.15) is 65.2 Å². The van der Waals surface area contributed by atoms with Gasteiger partial charge in [0.15, 0.2) is 0 Å². The van der Waals surface area contributed by atoms with Crippen molar-refractivity contribution in [3.63, 3.8) is 0 Å². The molecule has 15 heavy (non-hydrogen) atoms. The molecule has 0 radical (unpaired) electrons. The highest BCUT2D eigenvalue weighted by atomic mass is 32.2. The maximum absolute atomic E-state index is 11.4. The van der Waals surface area contributed by atoms with Crippen molar-refractivity contribution in [1.82, 2.24) is 0 Å². The molecule has 0 rings (SSSR count). The van der Waals surface area contributed by atoms with Gasteiger partial charge in [0.05, 0.1) is 5.75 Å². The van der Waals surface area contributed by atoms with Crippen LogP contribution < -0.4 is 0 Å². The summed E-state index contributed by atoms with van der Waals surface area (Å²) in [6.45, 7) is 4.12. The summed E-state index contributed by atoms with van der Waals surface area (Å²) in [7, 11) is -2.73. The Morgan fingerprint density at radius 3 is 1.73 bits per heavy atom. The summed E-state index contributed by atoms with van der Waals surface area (Å²) in [5.41, 5.74) is 0. The minimum atomic E-state index is -2.73. The van der Waals surface area contributed by atoms with Crippen LogP contribution in [-0.4, -0.2) is 19.9 Å². The summed E-state index contributed by atoms with van der Waals surface area (Å²) in [4.78, 5) is 0. The highest BCUT2D eigenvalue weighted by Crippen LogP contribution is 2.08. The molecule has 3 heteroatoms. The van der Waals surface area contributed by atoms with Crippen LogP contribution in [0.2, 0.25) is 0 Å². The smallest absolute Gasteiger partial charge is 0.150 e. The van der Waals surface area contributed by atoms with E-state index >= 15 is 0 Å². The average Bonchev–Trinajstić information content (AvgIpc) is 2.16. The molecule has 0 bridgehead atoms. The van der Waals surface area contributed by atoms with Crippen LogP contribution in [0.4, 0.5) is 0 Å². The maximum atomic E-state index is 11.4. The van der Waals surface area contributed by atoms with Crippen molar-refractivity contribution in [3.8, 4) is 0 Å². The van der Waals surface area contributed by atoms with Crippen molar-refractivity contribution < 1.29 is 8.42 Å². The van der Waals surface area contributed by atoms with Gasteiger partial charge < -0.3 is 0 Å². The van der Waals surface area contributed by atoms with E-state index in [0.29, 0.717) is 11.5 Å². The van der Waals surface area contributed by atoms with Crippen LogP contribution in [0.5, 0.6) is 0 Å². The fourth-order valence-electron chi connectivity index (χ4n) is 1.69. The quantitative estimate of drug-likeness (QED) is 0.542. The van der Waals surface area contributed by atoms with Gasteiger partial charge in [-0.2, -0.15) is 0 Å². The van der Waals surface area contributed by atoms with Crippen molar-refractivity contribution in [3.05, 3.63) is 0 Å². The van der Waals surface area contributed by atoms with E-state index in [2.05, 4.69) is 6.92 Å². The average molecular weight is 234 g/mol. The zero-order valence-electron chi connectivity index (χ0n) is 10.3. The monoisotopic (exact) mass is 234 g/mol. The molecule has 0 aliphatic rings. The Kier molecular flexibility index (Phi) is 9.17. The fraction of sp³-hybridized carbons (Fsp3) is 1.00. The molecule has 0 spiro atoms. The molecular weight excluding hydrogens is 208 g/mol. The second-order valence-electron chi connectivity index (χ2n) is 4.27. The van der Waals surface area contributed by atoms with Crippen LogP contribution in [0, 0.1) is 0 Å². The van der Waals surface area contributed by atoms with Crippen molar-refractivity contribution in [2.75, 3.05) is 11.5 Å². The number of sulfone groups is 1. The number of hydrogen-bond acceptors (Lipinski definition) is 2. The summed E-state index contributed by atoms with van der Waals surface area (Å²) >= 11 is 0. The molecule has 0 aromatic rings. The highest BCUT2D eigenvalue weighted by molar-refractivity contribution is 7.91. The molecule has 2 nitrogen and oxygen atoms in total. The molecular formula is C12H26O2S. The van der Waals surface area contributed by atoms with Gasteiger partial charge in [0.25, 0.3) is 0 Å². The summed E-state index contributed by atoms with van der Waals surface area (Å²) in [5, 5.41) is 0. The number of unbranched alkanes of at least 4 members (excludes halogenated alkanes) is 6. The zero-order valence-corrected chi connectivity index (χ0v) is 11.1. The second-order valence-corrected chi connectivity index (χ2v) is 6.58. The molecule has 0 atom stereocenters. The summed E-state index contributed by atoms with van der Waals surface area (Å²) < 4.78 is 22.7. The van der Waals surface area contributed by atoms with Gasteiger partial charge in [-0.25, -0.2) is 8.42 Å². The van der Waals surface area contributed by atoms with Gasteiger partial charge in [-0.3, -0.25) is 0 Å². The topological polar surface area (TPSA) is 34.1 Å². The normalized spacial score (nSPS) is 11.9. The van der Waals surface area contributed by atoms with Crippen LogP contribution in [0.3, 0.4) is 0 Å². The van der Waals surface area contributed by atoms with Crippen molar-refractivity contribution >= 4 is 9.84 Å². The Bertz CT molecular complexity index is 220. The van der Waals surface area contributed by atoms with Gasteiger partial charge in [0.1, 0.15) is 9.84 Å². The molecule has 0 unspecified atom stereocenters. The van der Waals surface area contributed by atoms with Gasteiger partial charge in [-0.05, 0) is 12.8 Å². The lowest BCUT2D eigenvalue weighted by molar-refractivity contribution is 0.578. The standard InChI is InChI=1S/C12H26O2S/c1-3-5-6-7-8-9-10-12-15(13,14)11-4-2/h3-12H2,1-2H3. The second kappa shape index (κ2) is 9.20. The van der Waals surface area contributed by atoms with Crippen LogP contribution >= 0.6 is 0 Å². The van der Waals surface area contributed by atoms with Gasteiger partial charge in [0, 0.05) is 5.75 Å². The van der Waals surface area contributed by atoms with Crippen molar-refractivity contribution in [1.29, 1.82) is 0 Å². The number of rotatable bonds is 10. The van der Waals surface area contributed by atoms with E-state index in [-0.39, 0.29) is 0 Å². The molecule has 0 amide bonds. The lowest BCUT2D eigenvalue weighted by Gasteiger charge is -2.02. The molecule has 0 aromatic carbocycles. The van der Waals surface area contributed by atoms with E-state index in [1.165, 1.54) is 32.1 Å². The Morgan fingerprint density at radius 2 is 1.20 bits per heavy atom. The molecule has 0 saturated heterocycles. The third kappa shape index (κ3) is 10.2. The minimum absolute atomic E-state index is 0.364. The predicted octanol–water partition coefficient (Wildman–Crippen LogP) is 3.56. The van der Waals surface area contributed by atoms with E-state index in [9.17, 15) is 8.42 Å². The van der Waals surface area contributed by atoms with E-state index < -0.39 is 9.84 Å². The summed E-state index contributed by atoms with van der Waals surface area (Å²) in [5.74, 6) is 0.761. The van der Waals surface area contributed by atoms with Gasteiger partial charge >= 0.3 is 0 Å². The lowest BCUT2D eigenvalue weighted by Crippen LogP contribution is -2.10. The first kappa shape index (κ1) is 14.9. The number of hydrogen-bond donors (Lipinski definition) is 0. The molecule has 0 N–H and O–H groups in total. The van der Waals surface area contributed by atoms with Gasteiger partial charge in [-0.15, -0.1) is 0 Å². The van der Waals surface area contributed by atoms with Gasteiger partial charge in [-0.1, -0.05) is 52.4 Å². The first-order valence-corrected chi connectivity index (χ1v) is 8.15. The Hall–Kier alpha value is -0.0500. The summed E-state index contributed by atoms with van der Waals surface area (Å²) in [6, 6.07) is 0. The van der Waals surface area contributed by atoms with E-state index in [0.717, 1.165) is 19.3 Å². The van der Waals surface area contributed by atoms with Gasteiger partial charge in [0.2, 0.25) is 0 Å². The fourth-order valence-corrected chi connectivity index (χ4v) is 3.16. The SMILES string of the molecule is CCCCCCCCCS(=O)(=O)CCC. The van der Waals surface area contributed by atoms with Crippen LogP contribution in [-0.2, 0) is 9.84 Å². The van der Waals surface area contributed by atoms with E-state index in [1.54, 1.807) is 0 Å². The predicted molar refractivity (Wildman–Crippen MR) is 66.9 cm³/mol. The first-order chi connectivity index (χ1) is 7.12. The third-order valence-electron chi connectivity index (χ3n) is 2.57. The van der Waals surface area contributed by atoms with Crippen molar-refractivity contribution in [2.45, 2.75) is 65.2 Å². The molecule has 0 aliphatic carbocycles. The van der Waals surface area contributed by atoms with Crippen LogP contribution in [0.15, 0.2) is 0 Å². The molecule has 0 aliphatic heterocycles. The molecule has 0 aromatic heterocycles. The Labute approximate surface area is 95.4 Å². The molecule has 0 saturated carbocycles. The summed E-state index contributed by atoms with van der Waals surface area (Å²) in [6.07, 6.45) is 9.03. The van der Waals surface area contributed by atoms with Crippen LogP contribution in [0.25, 0.3) is 0 Å². The third-order valence-corrected chi connectivity index (χ3v) is 4.51. The largest absolute Gasteiger partial charge is 0.229 e.